The van der Waals surface area contributed by atoms with Gasteiger partial charge in [0.05, 0.1) is 29.8 Å². The molecule has 0 amide bonds. The fraction of sp³-hybridized carbons (Fsp3) is 0.200. The van der Waals surface area contributed by atoms with Crippen molar-refractivity contribution in [3.8, 4) is 0 Å². The molecule has 2 heterocycles. The van der Waals surface area contributed by atoms with E-state index >= 15 is 0 Å². The number of hydrogen-bond donors (Lipinski definition) is 3. The van der Waals surface area contributed by atoms with Crippen molar-refractivity contribution in [1.82, 2.24) is 9.97 Å². The first-order chi connectivity index (χ1) is 9.08. The van der Waals surface area contributed by atoms with Crippen molar-refractivity contribution in [1.29, 1.82) is 0 Å². The molecule has 0 aliphatic carbocycles. The van der Waals surface area contributed by atoms with Crippen LogP contribution in [0.15, 0.2) is 22.7 Å². The number of nitrogen functional groups attached to an aromatic ring is 1. The Morgan fingerprint density at radius 3 is 2.79 bits per heavy atom. The summed E-state index contributed by atoms with van der Waals surface area (Å²) in [5.74, 6) is 6.86. The molecule has 0 aliphatic rings. The molecule has 4 N–H and O–H groups in total. The number of oxazole rings is 1. The standard InChI is InChI=1S/C10H12N6O3/c1-6-4-13-10(19-6)5-12-8-2-7(16(17)18)3-9(14-8)15-11/h2-4H,5,11H2,1H3,(H2,12,14,15). The predicted molar refractivity (Wildman–Crippen MR) is 67.3 cm³/mol. The van der Waals surface area contributed by atoms with Gasteiger partial charge in [0.15, 0.2) is 0 Å². The van der Waals surface area contributed by atoms with Crippen LogP contribution in [0.4, 0.5) is 17.3 Å². The first kappa shape index (κ1) is 12.8. The molecule has 0 unspecified atom stereocenters. The van der Waals surface area contributed by atoms with Crippen LogP contribution in [0.1, 0.15) is 11.7 Å². The molecule has 9 nitrogen and oxygen atoms in total. The van der Waals surface area contributed by atoms with Crippen LogP contribution in [0.2, 0.25) is 0 Å². The zero-order chi connectivity index (χ0) is 13.8. The van der Waals surface area contributed by atoms with E-state index in [0.29, 0.717) is 17.5 Å². The summed E-state index contributed by atoms with van der Waals surface area (Å²) in [5, 5.41) is 13.6. The first-order valence-electron chi connectivity index (χ1n) is 5.37. The van der Waals surface area contributed by atoms with Gasteiger partial charge in [-0.1, -0.05) is 0 Å². The smallest absolute Gasteiger partial charge is 0.276 e. The maximum Gasteiger partial charge on any atom is 0.276 e. The molecule has 0 bridgehead atoms. The Kier molecular flexibility index (Phi) is 3.57. The van der Waals surface area contributed by atoms with Gasteiger partial charge >= 0.3 is 0 Å². The first-order valence-corrected chi connectivity index (χ1v) is 5.37. The molecule has 2 rings (SSSR count). The largest absolute Gasteiger partial charge is 0.444 e. The van der Waals surface area contributed by atoms with Gasteiger partial charge in [-0.3, -0.25) is 10.1 Å². The summed E-state index contributed by atoms with van der Waals surface area (Å²) in [6, 6.07) is 2.54. The third-order valence-electron chi connectivity index (χ3n) is 2.26. The Bertz CT molecular complexity index is 597. The summed E-state index contributed by atoms with van der Waals surface area (Å²) in [5.41, 5.74) is 2.15. The molecular weight excluding hydrogens is 252 g/mol. The summed E-state index contributed by atoms with van der Waals surface area (Å²) in [6.45, 7) is 2.05. The van der Waals surface area contributed by atoms with Gasteiger partial charge in [-0.2, -0.15) is 0 Å². The molecule has 0 radical (unpaired) electrons. The van der Waals surface area contributed by atoms with Crippen LogP contribution >= 0.6 is 0 Å². The number of pyridine rings is 1. The van der Waals surface area contributed by atoms with Crippen LogP contribution in [0, 0.1) is 17.0 Å². The molecule has 0 fully saturated rings. The van der Waals surface area contributed by atoms with Gasteiger partial charge in [-0.05, 0) is 6.92 Å². The van der Waals surface area contributed by atoms with Gasteiger partial charge in [-0.15, -0.1) is 0 Å². The lowest BCUT2D eigenvalue weighted by Gasteiger charge is -2.05. The minimum absolute atomic E-state index is 0.117. The summed E-state index contributed by atoms with van der Waals surface area (Å²) in [6.07, 6.45) is 1.59. The SMILES string of the molecule is Cc1cnc(CNc2cc([N+](=O)[O-])cc(NN)n2)o1. The minimum atomic E-state index is -0.525. The molecule has 0 saturated heterocycles. The van der Waals surface area contributed by atoms with Gasteiger partial charge in [0.25, 0.3) is 5.69 Å². The van der Waals surface area contributed by atoms with Crippen LogP contribution in [0.25, 0.3) is 0 Å². The molecule has 0 aromatic carbocycles. The van der Waals surface area contributed by atoms with Crippen molar-refractivity contribution < 1.29 is 9.34 Å². The number of anilines is 2. The zero-order valence-corrected chi connectivity index (χ0v) is 10.1. The van der Waals surface area contributed by atoms with Gasteiger partial charge in [0, 0.05) is 0 Å². The normalized spacial score (nSPS) is 10.2. The molecule has 2 aromatic rings. The number of nitrogens with zero attached hydrogens (tertiary/aromatic N) is 3. The molecule has 19 heavy (non-hydrogen) atoms. The zero-order valence-electron chi connectivity index (χ0n) is 10.1. The molecule has 100 valence electrons. The van der Waals surface area contributed by atoms with Crippen LogP contribution in [-0.4, -0.2) is 14.9 Å². The average molecular weight is 264 g/mol. The Hall–Kier alpha value is -2.68. The highest BCUT2D eigenvalue weighted by molar-refractivity contribution is 5.54. The predicted octanol–water partition coefficient (Wildman–Crippen LogP) is 1.18. The van der Waals surface area contributed by atoms with Crippen molar-refractivity contribution >= 4 is 17.3 Å². The van der Waals surface area contributed by atoms with E-state index in [9.17, 15) is 10.1 Å². The quantitative estimate of drug-likeness (QED) is 0.416. The summed E-state index contributed by atoms with van der Waals surface area (Å²) < 4.78 is 5.26. The second kappa shape index (κ2) is 5.31. The van der Waals surface area contributed by atoms with Crippen molar-refractivity contribution in [2.45, 2.75) is 13.5 Å². The second-order valence-corrected chi connectivity index (χ2v) is 3.72. The van der Waals surface area contributed by atoms with Crippen molar-refractivity contribution in [2.24, 2.45) is 5.84 Å². The number of aryl methyl sites for hydroxylation is 1. The molecular formula is C10H12N6O3. The number of hydrogen-bond acceptors (Lipinski definition) is 8. The average Bonchev–Trinajstić information content (AvgIpc) is 2.81. The van der Waals surface area contributed by atoms with Crippen LogP contribution < -0.4 is 16.6 Å². The number of nitrogens with two attached hydrogens (primary N) is 1. The molecule has 0 aliphatic heterocycles. The van der Waals surface area contributed by atoms with E-state index in [2.05, 4.69) is 20.7 Å². The number of aromatic nitrogens is 2. The van der Waals surface area contributed by atoms with Gasteiger partial charge < -0.3 is 15.2 Å². The van der Waals surface area contributed by atoms with E-state index < -0.39 is 4.92 Å². The molecule has 0 atom stereocenters. The summed E-state index contributed by atoms with van der Waals surface area (Å²) in [7, 11) is 0. The van der Waals surface area contributed by atoms with Crippen LogP contribution in [0.5, 0.6) is 0 Å². The fourth-order valence-electron chi connectivity index (χ4n) is 1.44. The Morgan fingerprint density at radius 1 is 1.47 bits per heavy atom. The second-order valence-electron chi connectivity index (χ2n) is 3.72. The highest BCUT2D eigenvalue weighted by atomic mass is 16.6. The van der Waals surface area contributed by atoms with Crippen molar-refractivity contribution in [2.75, 3.05) is 10.7 Å². The summed E-state index contributed by atoms with van der Waals surface area (Å²) in [4.78, 5) is 18.3. The van der Waals surface area contributed by atoms with E-state index in [-0.39, 0.29) is 18.1 Å². The number of rotatable bonds is 5. The number of hydrazine groups is 1. The van der Waals surface area contributed by atoms with E-state index in [1.54, 1.807) is 13.1 Å². The maximum absolute atomic E-state index is 10.7. The lowest BCUT2D eigenvalue weighted by atomic mass is 10.3. The van der Waals surface area contributed by atoms with E-state index in [1.165, 1.54) is 12.1 Å². The number of nitrogens with one attached hydrogen (secondary N) is 2. The molecule has 9 heteroatoms. The third kappa shape index (κ3) is 3.16. The van der Waals surface area contributed by atoms with E-state index in [0.717, 1.165) is 0 Å². The lowest BCUT2D eigenvalue weighted by Crippen LogP contribution is -2.11. The highest BCUT2D eigenvalue weighted by Crippen LogP contribution is 2.20. The van der Waals surface area contributed by atoms with Gasteiger partial charge in [0.1, 0.15) is 17.4 Å². The Balaban J connectivity index is 2.15. The van der Waals surface area contributed by atoms with Crippen molar-refractivity contribution in [3.05, 3.63) is 40.1 Å². The Morgan fingerprint density at radius 2 is 2.21 bits per heavy atom. The third-order valence-corrected chi connectivity index (χ3v) is 2.26. The summed E-state index contributed by atoms with van der Waals surface area (Å²) >= 11 is 0. The van der Waals surface area contributed by atoms with E-state index in [1.807, 2.05) is 0 Å². The van der Waals surface area contributed by atoms with Crippen LogP contribution in [0.3, 0.4) is 0 Å². The maximum atomic E-state index is 10.7. The minimum Gasteiger partial charge on any atom is -0.444 e. The fourth-order valence-corrected chi connectivity index (χ4v) is 1.44. The molecule has 0 spiro atoms. The monoisotopic (exact) mass is 264 g/mol. The van der Waals surface area contributed by atoms with E-state index in [4.69, 9.17) is 10.3 Å². The molecule has 0 saturated carbocycles. The van der Waals surface area contributed by atoms with Crippen LogP contribution in [-0.2, 0) is 6.54 Å². The Labute approximate surface area is 108 Å². The molecule has 2 aromatic heterocycles. The lowest BCUT2D eigenvalue weighted by molar-refractivity contribution is -0.384. The van der Waals surface area contributed by atoms with Gasteiger partial charge in [0.2, 0.25) is 5.89 Å². The highest BCUT2D eigenvalue weighted by Gasteiger charge is 2.11. The number of nitro groups is 1. The van der Waals surface area contributed by atoms with Gasteiger partial charge in [-0.25, -0.2) is 15.8 Å². The topological polar surface area (TPSA) is 132 Å². The van der Waals surface area contributed by atoms with Crippen molar-refractivity contribution in [3.63, 3.8) is 0 Å².